The Morgan fingerprint density at radius 3 is 2.20 bits per heavy atom. The first-order valence-electron chi connectivity index (χ1n) is 11.0. The van der Waals surface area contributed by atoms with Crippen LogP contribution in [0.5, 0.6) is 0 Å². The highest BCUT2D eigenvalue weighted by molar-refractivity contribution is 5.75. The molecular formula is C24H26F7N3O. The number of hydrogen-bond donors (Lipinski definition) is 1. The normalized spacial score (nSPS) is 18.2. The first kappa shape index (κ1) is 26.8. The lowest BCUT2D eigenvalue weighted by Gasteiger charge is -2.37. The Hall–Kier alpha value is -2.82. The zero-order chi connectivity index (χ0) is 26.1. The molecule has 3 rings (SSSR count). The summed E-state index contributed by atoms with van der Waals surface area (Å²) in [5.74, 6) is -0.429. The van der Waals surface area contributed by atoms with Crippen LogP contribution in [-0.4, -0.2) is 42.5 Å². The molecule has 0 saturated carbocycles. The van der Waals surface area contributed by atoms with Crippen LogP contribution in [0.25, 0.3) is 0 Å². The van der Waals surface area contributed by atoms with Gasteiger partial charge in [0.2, 0.25) is 0 Å². The van der Waals surface area contributed by atoms with E-state index >= 15 is 0 Å². The lowest BCUT2D eigenvalue weighted by atomic mass is 9.98. The molecule has 0 unspecified atom stereocenters. The van der Waals surface area contributed by atoms with Crippen LogP contribution in [0, 0.1) is 12.7 Å². The maximum Gasteiger partial charge on any atom is 0.416 e. The minimum absolute atomic E-state index is 0.0614. The van der Waals surface area contributed by atoms with Crippen molar-refractivity contribution in [2.75, 3.05) is 26.7 Å². The molecule has 0 aliphatic carbocycles. The Kier molecular flexibility index (Phi) is 7.68. The highest BCUT2D eigenvalue weighted by Gasteiger charge is 2.38. The minimum atomic E-state index is -4.99. The fraction of sp³-hybridized carbons (Fsp3) is 0.458. The van der Waals surface area contributed by atoms with Crippen molar-refractivity contribution in [3.8, 4) is 0 Å². The summed E-state index contributed by atoms with van der Waals surface area (Å²) in [5.41, 5.74) is -1.83. The van der Waals surface area contributed by atoms with E-state index in [1.807, 2.05) is 0 Å². The van der Waals surface area contributed by atoms with Crippen molar-refractivity contribution in [3.63, 3.8) is 0 Å². The van der Waals surface area contributed by atoms with E-state index in [0.717, 1.165) is 4.90 Å². The van der Waals surface area contributed by atoms with Gasteiger partial charge in [-0.15, -0.1) is 0 Å². The van der Waals surface area contributed by atoms with Gasteiger partial charge in [-0.1, -0.05) is 6.07 Å². The number of carbonyl (C=O) groups is 1. The monoisotopic (exact) mass is 505 g/mol. The molecule has 35 heavy (non-hydrogen) atoms. The Morgan fingerprint density at radius 1 is 1.06 bits per heavy atom. The molecule has 1 N–H and O–H groups in total. The number of carbonyl (C=O) groups excluding carboxylic acids is 1. The van der Waals surface area contributed by atoms with Crippen molar-refractivity contribution < 1.29 is 35.5 Å². The molecular weight excluding hydrogens is 479 g/mol. The van der Waals surface area contributed by atoms with Crippen LogP contribution in [-0.2, 0) is 12.4 Å². The molecule has 1 saturated heterocycles. The Balaban J connectivity index is 1.96. The third kappa shape index (κ3) is 6.06. The van der Waals surface area contributed by atoms with Gasteiger partial charge < -0.3 is 15.1 Å². The molecule has 1 aliphatic heterocycles. The molecule has 4 nitrogen and oxygen atoms in total. The van der Waals surface area contributed by atoms with Crippen LogP contribution in [0.1, 0.15) is 53.2 Å². The van der Waals surface area contributed by atoms with E-state index in [2.05, 4.69) is 5.32 Å². The summed E-state index contributed by atoms with van der Waals surface area (Å²) >= 11 is 0. The smallest absolute Gasteiger partial charge is 0.321 e. The van der Waals surface area contributed by atoms with Crippen molar-refractivity contribution in [2.45, 2.75) is 44.7 Å². The highest BCUT2D eigenvalue weighted by atomic mass is 19.4. The number of aryl methyl sites for hydroxylation is 1. The van der Waals surface area contributed by atoms with Gasteiger partial charge in [-0.2, -0.15) is 26.3 Å². The van der Waals surface area contributed by atoms with Gasteiger partial charge in [0.15, 0.2) is 0 Å². The van der Waals surface area contributed by atoms with Crippen molar-refractivity contribution in [3.05, 3.63) is 70.0 Å². The topological polar surface area (TPSA) is 35.6 Å². The average Bonchev–Trinajstić information content (AvgIpc) is 3.02. The molecule has 0 bridgehead atoms. The number of benzene rings is 2. The quantitative estimate of drug-likeness (QED) is 0.496. The minimum Gasteiger partial charge on any atom is -0.321 e. The molecule has 11 heteroatoms. The van der Waals surface area contributed by atoms with Crippen LogP contribution in [0.3, 0.4) is 0 Å². The van der Waals surface area contributed by atoms with Crippen LogP contribution < -0.4 is 5.32 Å². The van der Waals surface area contributed by atoms with Crippen LogP contribution >= 0.6 is 0 Å². The average molecular weight is 505 g/mol. The van der Waals surface area contributed by atoms with E-state index in [-0.39, 0.29) is 11.6 Å². The maximum atomic E-state index is 13.6. The molecule has 0 radical (unpaired) electrons. The molecule has 2 amide bonds. The van der Waals surface area contributed by atoms with Crippen LogP contribution in [0.4, 0.5) is 35.5 Å². The summed E-state index contributed by atoms with van der Waals surface area (Å²) in [6.45, 7) is 4.37. The van der Waals surface area contributed by atoms with Gasteiger partial charge in [0.1, 0.15) is 5.82 Å². The van der Waals surface area contributed by atoms with Crippen molar-refractivity contribution in [2.24, 2.45) is 0 Å². The second kappa shape index (κ2) is 10.0. The fourth-order valence-electron chi connectivity index (χ4n) is 4.21. The predicted molar refractivity (Wildman–Crippen MR) is 116 cm³/mol. The van der Waals surface area contributed by atoms with Crippen molar-refractivity contribution in [1.82, 2.24) is 15.1 Å². The molecule has 2 aromatic carbocycles. The summed E-state index contributed by atoms with van der Waals surface area (Å²) in [6, 6.07) is 3.40. The van der Waals surface area contributed by atoms with E-state index in [4.69, 9.17) is 0 Å². The second-order valence-corrected chi connectivity index (χ2v) is 8.68. The van der Waals surface area contributed by atoms with E-state index in [9.17, 15) is 35.5 Å². The predicted octanol–water partition coefficient (Wildman–Crippen LogP) is 6.32. The number of halogens is 7. The molecule has 0 aromatic heterocycles. The first-order chi connectivity index (χ1) is 16.2. The van der Waals surface area contributed by atoms with E-state index in [1.165, 1.54) is 31.0 Å². The summed E-state index contributed by atoms with van der Waals surface area (Å²) < 4.78 is 93.5. The number of amides is 2. The van der Waals surface area contributed by atoms with Gasteiger partial charge in [-0.3, -0.25) is 0 Å². The molecule has 1 aliphatic rings. The van der Waals surface area contributed by atoms with Gasteiger partial charge in [0.05, 0.1) is 23.2 Å². The number of alkyl halides is 6. The highest BCUT2D eigenvalue weighted by Crippen LogP contribution is 2.38. The summed E-state index contributed by atoms with van der Waals surface area (Å²) in [5, 5.41) is 3.21. The molecule has 192 valence electrons. The Bertz CT molecular complexity index is 1040. The molecule has 0 spiro atoms. The van der Waals surface area contributed by atoms with Crippen LogP contribution in [0.2, 0.25) is 0 Å². The summed E-state index contributed by atoms with van der Waals surface area (Å²) in [6.07, 6.45) is -9.38. The van der Waals surface area contributed by atoms with Gasteiger partial charge in [0.25, 0.3) is 0 Å². The molecule has 1 fully saturated rings. The lowest BCUT2D eigenvalue weighted by Crippen LogP contribution is -2.45. The zero-order valence-corrected chi connectivity index (χ0v) is 19.4. The SMILES string of the molecule is Cc1cc(F)ccc1[C@H]1CNCCCN1C(=O)N(C)[C@@H](C)c1cc(C(F)(F)F)cc(C(F)(F)F)c1. The standard InChI is InChI=1S/C24H26F7N3O/c1-14-9-19(25)5-6-20(14)21-13-32-7-4-8-34(21)22(35)33(3)15(2)16-10-17(23(26,27)28)12-18(11-16)24(29,30)31/h5-6,9-12,15,21,32H,4,7-8,13H2,1-3H3/t15-,21+/m0/s1. The van der Waals surface area contributed by atoms with Crippen molar-refractivity contribution >= 4 is 6.03 Å². The second-order valence-electron chi connectivity index (χ2n) is 8.68. The number of rotatable bonds is 3. The maximum absolute atomic E-state index is 13.6. The van der Waals surface area contributed by atoms with Gasteiger partial charge >= 0.3 is 18.4 Å². The van der Waals surface area contributed by atoms with Crippen molar-refractivity contribution in [1.29, 1.82) is 0 Å². The van der Waals surface area contributed by atoms with E-state index in [0.29, 0.717) is 49.3 Å². The zero-order valence-electron chi connectivity index (χ0n) is 19.4. The number of hydrogen-bond acceptors (Lipinski definition) is 2. The molecule has 2 aromatic rings. The molecule has 2 atom stereocenters. The van der Waals surface area contributed by atoms with Gasteiger partial charge in [-0.05, 0) is 73.8 Å². The molecule has 1 heterocycles. The lowest BCUT2D eigenvalue weighted by molar-refractivity contribution is -0.143. The van der Waals surface area contributed by atoms with Gasteiger partial charge in [-0.25, -0.2) is 9.18 Å². The van der Waals surface area contributed by atoms with E-state index in [1.54, 1.807) is 13.0 Å². The fourth-order valence-corrected chi connectivity index (χ4v) is 4.21. The largest absolute Gasteiger partial charge is 0.416 e. The Morgan fingerprint density at radius 2 is 1.66 bits per heavy atom. The number of urea groups is 1. The third-order valence-corrected chi connectivity index (χ3v) is 6.28. The van der Waals surface area contributed by atoms with Crippen LogP contribution in [0.15, 0.2) is 36.4 Å². The van der Waals surface area contributed by atoms with E-state index < -0.39 is 47.4 Å². The number of nitrogens with zero attached hydrogens (tertiary/aromatic N) is 2. The Labute approximate surface area is 198 Å². The third-order valence-electron chi connectivity index (χ3n) is 6.28. The summed E-state index contributed by atoms with van der Waals surface area (Å²) in [4.78, 5) is 16.2. The van der Waals surface area contributed by atoms with Gasteiger partial charge in [0, 0.05) is 20.1 Å². The summed E-state index contributed by atoms with van der Waals surface area (Å²) in [7, 11) is 1.34. The first-order valence-corrected chi connectivity index (χ1v) is 11.0. The number of nitrogens with one attached hydrogen (secondary N) is 1.